The molecule has 4 rings (SSSR count). The molecule has 5 heteroatoms. The maximum Gasteiger partial charge on any atom is 0.266 e. The van der Waals surface area contributed by atoms with Gasteiger partial charge in [-0.15, -0.1) is 0 Å². The van der Waals surface area contributed by atoms with Crippen LogP contribution in [0.25, 0.3) is 16.6 Å². The Labute approximate surface area is 157 Å². The van der Waals surface area contributed by atoms with Gasteiger partial charge in [0.25, 0.3) is 5.56 Å². The molecule has 0 N–H and O–H groups in total. The number of nitrogens with zero attached hydrogens (tertiary/aromatic N) is 2. The van der Waals surface area contributed by atoms with Crippen molar-refractivity contribution in [3.63, 3.8) is 0 Å². The summed E-state index contributed by atoms with van der Waals surface area (Å²) in [5.74, 6) is 0.819. The second-order valence-corrected chi connectivity index (χ2v) is 7.47. The van der Waals surface area contributed by atoms with Crippen LogP contribution in [-0.2, 0) is 11.2 Å². The second kappa shape index (κ2) is 7.64. The maximum atomic E-state index is 13.3. The van der Waals surface area contributed by atoms with E-state index in [0.717, 1.165) is 53.5 Å². The van der Waals surface area contributed by atoms with Crippen molar-refractivity contribution in [2.45, 2.75) is 37.4 Å². The lowest BCUT2D eigenvalue weighted by atomic mass is 10.1. The average molecular weight is 366 g/mol. The monoisotopic (exact) mass is 366 g/mol. The first kappa shape index (κ1) is 17.3. The first-order valence-corrected chi connectivity index (χ1v) is 10.1. The fourth-order valence-electron chi connectivity index (χ4n) is 3.39. The predicted molar refractivity (Wildman–Crippen MR) is 106 cm³/mol. The molecule has 0 aliphatic carbocycles. The molecule has 1 atom stereocenters. The van der Waals surface area contributed by atoms with Crippen LogP contribution in [0.4, 0.5) is 0 Å². The molecule has 1 aliphatic heterocycles. The topological polar surface area (TPSA) is 44.1 Å². The van der Waals surface area contributed by atoms with Crippen LogP contribution in [0, 0.1) is 0 Å². The highest BCUT2D eigenvalue weighted by Gasteiger charge is 2.19. The number of fused-ring (bicyclic) bond motifs is 1. The van der Waals surface area contributed by atoms with Crippen molar-refractivity contribution < 1.29 is 4.74 Å². The lowest BCUT2D eigenvalue weighted by Crippen LogP contribution is -2.23. The van der Waals surface area contributed by atoms with Gasteiger partial charge >= 0.3 is 0 Å². The van der Waals surface area contributed by atoms with Crippen molar-refractivity contribution >= 4 is 22.7 Å². The fourth-order valence-corrected chi connectivity index (χ4v) is 4.46. The van der Waals surface area contributed by atoms with Crippen LogP contribution >= 0.6 is 11.8 Å². The van der Waals surface area contributed by atoms with Gasteiger partial charge in [-0.05, 0) is 43.0 Å². The summed E-state index contributed by atoms with van der Waals surface area (Å²) in [5.41, 5.74) is 2.81. The summed E-state index contributed by atoms with van der Waals surface area (Å²) in [6, 6.07) is 15.6. The molecular formula is C21H22N2O2S. The summed E-state index contributed by atoms with van der Waals surface area (Å²) in [7, 11) is 0. The van der Waals surface area contributed by atoms with Crippen molar-refractivity contribution in [2.75, 3.05) is 12.4 Å². The summed E-state index contributed by atoms with van der Waals surface area (Å²) in [5, 5.41) is 1.39. The van der Waals surface area contributed by atoms with Crippen molar-refractivity contribution in [1.82, 2.24) is 9.55 Å². The molecule has 134 valence electrons. The average Bonchev–Trinajstić information content (AvgIpc) is 3.20. The SMILES string of the molecule is CCc1ccccc1-n1c(SCC2CCCO2)nc2ccccc2c1=O. The molecule has 1 aromatic heterocycles. The molecule has 4 nitrogen and oxygen atoms in total. The predicted octanol–water partition coefficient (Wildman–Crippen LogP) is 4.22. The van der Waals surface area contributed by atoms with Crippen molar-refractivity contribution in [2.24, 2.45) is 0 Å². The minimum Gasteiger partial charge on any atom is -0.377 e. The number of hydrogen-bond acceptors (Lipinski definition) is 4. The van der Waals surface area contributed by atoms with Crippen molar-refractivity contribution in [1.29, 1.82) is 0 Å². The number of rotatable bonds is 5. The van der Waals surface area contributed by atoms with Crippen LogP contribution in [0.15, 0.2) is 58.5 Å². The van der Waals surface area contributed by atoms with Gasteiger partial charge in [-0.25, -0.2) is 4.98 Å². The molecular weight excluding hydrogens is 344 g/mol. The molecule has 0 bridgehead atoms. The number of para-hydroxylation sites is 2. The smallest absolute Gasteiger partial charge is 0.266 e. The molecule has 1 fully saturated rings. The largest absolute Gasteiger partial charge is 0.377 e. The van der Waals surface area contributed by atoms with E-state index < -0.39 is 0 Å². The van der Waals surface area contributed by atoms with Crippen LogP contribution in [0.3, 0.4) is 0 Å². The Morgan fingerprint density at radius 2 is 2.00 bits per heavy atom. The lowest BCUT2D eigenvalue weighted by molar-refractivity contribution is 0.129. The third-order valence-corrected chi connectivity index (χ3v) is 5.85. The lowest BCUT2D eigenvalue weighted by Gasteiger charge is -2.17. The summed E-state index contributed by atoms with van der Waals surface area (Å²) < 4.78 is 7.53. The minimum atomic E-state index is -0.00802. The number of ether oxygens (including phenoxy) is 1. The Kier molecular flexibility index (Phi) is 5.09. The van der Waals surface area contributed by atoms with Crippen LogP contribution < -0.4 is 5.56 Å². The standard InChI is InChI=1S/C21H22N2O2S/c1-2-15-8-3-6-12-19(15)23-20(24)17-10-4-5-11-18(17)22-21(23)26-14-16-9-7-13-25-16/h3-6,8,10-12,16H,2,7,9,13-14H2,1H3. The van der Waals surface area contributed by atoms with Crippen LogP contribution in [0.2, 0.25) is 0 Å². The van der Waals surface area contributed by atoms with Gasteiger partial charge in [-0.2, -0.15) is 0 Å². The van der Waals surface area contributed by atoms with Gasteiger partial charge in [-0.3, -0.25) is 9.36 Å². The molecule has 2 heterocycles. The van der Waals surface area contributed by atoms with Crippen LogP contribution in [-0.4, -0.2) is 28.0 Å². The van der Waals surface area contributed by atoms with E-state index in [2.05, 4.69) is 13.0 Å². The van der Waals surface area contributed by atoms with Gasteiger partial charge in [0, 0.05) is 12.4 Å². The van der Waals surface area contributed by atoms with Gasteiger partial charge in [0.2, 0.25) is 0 Å². The van der Waals surface area contributed by atoms with Crippen molar-refractivity contribution in [3.05, 3.63) is 64.4 Å². The number of benzene rings is 2. The molecule has 0 amide bonds. The number of hydrogen-bond donors (Lipinski definition) is 0. The molecule has 2 aromatic carbocycles. The Morgan fingerprint density at radius 3 is 2.81 bits per heavy atom. The maximum absolute atomic E-state index is 13.3. The second-order valence-electron chi connectivity index (χ2n) is 6.48. The summed E-state index contributed by atoms with van der Waals surface area (Å²) in [6.07, 6.45) is 3.31. The Morgan fingerprint density at radius 1 is 1.19 bits per heavy atom. The summed E-state index contributed by atoms with van der Waals surface area (Å²) in [4.78, 5) is 18.1. The first-order chi connectivity index (χ1) is 12.8. The van der Waals surface area contributed by atoms with Crippen LogP contribution in [0.5, 0.6) is 0 Å². The van der Waals surface area contributed by atoms with E-state index in [1.807, 2.05) is 42.5 Å². The Bertz CT molecular complexity index is 977. The van der Waals surface area contributed by atoms with E-state index in [0.29, 0.717) is 5.39 Å². The summed E-state index contributed by atoms with van der Waals surface area (Å²) >= 11 is 1.61. The van der Waals surface area contributed by atoms with Gasteiger partial charge in [-0.1, -0.05) is 49.0 Å². The zero-order valence-electron chi connectivity index (χ0n) is 14.9. The van der Waals surface area contributed by atoms with E-state index in [-0.39, 0.29) is 11.7 Å². The van der Waals surface area contributed by atoms with Gasteiger partial charge in [0.05, 0.1) is 22.7 Å². The zero-order valence-corrected chi connectivity index (χ0v) is 15.7. The third-order valence-electron chi connectivity index (χ3n) is 4.78. The highest BCUT2D eigenvalue weighted by atomic mass is 32.2. The molecule has 0 saturated carbocycles. The van der Waals surface area contributed by atoms with Gasteiger partial charge in [0.1, 0.15) is 0 Å². The molecule has 0 spiro atoms. The van der Waals surface area contributed by atoms with E-state index in [1.165, 1.54) is 0 Å². The van der Waals surface area contributed by atoms with Crippen molar-refractivity contribution in [3.8, 4) is 5.69 Å². The number of thioether (sulfide) groups is 1. The molecule has 0 radical (unpaired) electrons. The number of aromatic nitrogens is 2. The highest BCUT2D eigenvalue weighted by molar-refractivity contribution is 7.99. The molecule has 1 aliphatic rings. The van der Waals surface area contributed by atoms with E-state index >= 15 is 0 Å². The van der Waals surface area contributed by atoms with Gasteiger partial charge in [0.15, 0.2) is 5.16 Å². The zero-order chi connectivity index (χ0) is 17.9. The Hall–Kier alpha value is -2.11. The Balaban J connectivity index is 1.86. The molecule has 1 saturated heterocycles. The summed E-state index contributed by atoms with van der Waals surface area (Å²) in [6.45, 7) is 2.94. The molecule has 3 aromatic rings. The number of aryl methyl sites for hydroxylation is 1. The molecule has 1 unspecified atom stereocenters. The first-order valence-electron chi connectivity index (χ1n) is 9.12. The molecule has 26 heavy (non-hydrogen) atoms. The van der Waals surface area contributed by atoms with Crippen LogP contribution in [0.1, 0.15) is 25.3 Å². The van der Waals surface area contributed by atoms with E-state index in [4.69, 9.17) is 9.72 Å². The van der Waals surface area contributed by atoms with Gasteiger partial charge < -0.3 is 4.74 Å². The fraction of sp³-hybridized carbons (Fsp3) is 0.333. The third kappa shape index (κ3) is 3.29. The highest BCUT2D eigenvalue weighted by Crippen LogP contribution is 2.26. The van der Waals surface area contributed by atoms with E-state index in [9.17, 15) is 4.79 Å². The minimum absolute atomic E-state index is 0.00802. The quantitative estimate of drug-likeness (QED) is 0.501. The normalized spacial score (nSPS) is 17.0. The van der Waals surface area contributed by atoms with E-state index in [1.54, 1.807) is 16.3 Å².